The Morgan fingerprint density at radius 3 is 2.53 bits per heavy atom. The van der Waals surface area contributed by atoms with Gasteiger partial charge in [-0.25, -0.2) is 12.8 Å². The van der Waals surface area contributed by atoms with Crippen LogP contribution in [-0.4, -0.2) is 27.0 Å². The molecule has 0 saturated heterocycles. The Morgan fingerprint density at radius 1 is 1.47 bits per heavy atom. The first-order valence-electron chi connectivity index (χ1n) is 4.09. The van der Waals surface area contributed by atoms with Crippen LogP contribution in [0.4, 0.5) is 4.39 Å². The Bertz CT molecular complexity index is 496. The number of hydrogen-bond donors (Lipinski definition) is 1. The second-order valence-corrected chi connectivity index (χ2v) is 5.03. The van der Waals surface area contributed by atoms with Gasteiger partial charge >= 0.3 is 0 Å². The largest absolute Gasteiger partial charge is 0.324 e. The van der Waals surface area contributed by atoms with E-state index in [1.54, 1.807) is 0 Å². The van der Waals surface area contributed by atoms with Crippen LogP contribution in [0.3, 0.4) is 0 Å². The molecule has 0 aliphatic carbocycles. The highest BCUT2D eigenvalue weighted by Crippen LogP contribution is 2.16. The molecule has 0 bridgehead atoms. The summed E-state index contributed by atoms with van der Waals surface area (Å²) in [7, 11) is -3.67. The van der Waals surface area contributed by atoms with Crippen molar-refractivity contribution in [2.45, 2.75) is 4.90 Å². The van der Waals surface area contributed by atoms with Gasteiger partial charge < -0.3 is 5.73 Å². The van der Waals surface area contributed by atoms with Crippen LogP contribution in [0.1, 0.15) is 10.4 Å². The molecule has 0 atom stereocenters. The third-order valence-corrected chi connectivity index (χ3v) is 2.95. The minimum atomic E-state index is -3.67. The first-order chi connectivity index (χ1) is 6.86. The van der Waals surface area contributed by atoms with E-state index >= 15 is 0 Å². The van der Waals surface area contributed by atoms with Crippen molar-refractivity contribution < 1.29 is 17.6 Å². The van der Waals surface area contributed by atoms with Crippen molar-refractivity contribution in [3.8, 4) is 0 Å². The Balaban J connectivity index is 3.36. The Kier molecular flexibility index (Phi) is 3.21. The zero-order valence-electron chi connectivity index (χ0n) is 8.03. The third-order valence-electron chi connectivity index (χ3n) is 1.84. The summed E-state index contributed by atoms with van der Waals surface area (Å²) in [5.41, 5.74) is 5.21. The van der Waals surface area contributed by atoms with Crippen LogP contribution in [0.25, 0.3) is 0 Å². The minimum Gasteiger partial charge on any atom is -0.324 e. The molecule has 0 spiro atoms. The first kappa shape index (κ1) is 11.8. The van der Waals surface area contributed by atoms with E-state index < -0.39 is 26.3 Å². The van der Waals surface area contributed by atoms with Crippen LogP contribution < -0.4 is 5.73 Å². The average Bonchev–Trinajstić information content (AvgIpc) is 2.15. The number of rotatable bonds is 3. The molecule has 6 heteroatoms. The summed E-state index contributed by atoms with van der Waals surface area (Å²) in [4.78, 5) is 10.7. The fourth-order valence-corrected chi connectivity index (χ4v) is 1.84. The summed E-state index contributed by atoms with van der Waals surface area (Å²) in [6, 6.07) is 3.15. The number of halogens is 1. The molecular formula is C9H10FNO3S. The van der Waals surface area contributed by atoms with Crippen molar-refractivity contribution in [3.05, 3.63) is 29.6 Å². The van der Waals surface area contributed by atoms with E-state index in [0.29, 0.717) is 0 Å². The van der Waals surface area contributed by atoms with Crippen molar-refractivity contribution in [2.75, 3.05) is 12.8 Å². The zero-order chi connectivity index (χ0) is 11.6. The normalized spacial score (nSPS) is 11.4. The fraction of sp³-hybridized carbons (Fsp3) is 0.222. The van der Waals surface area contributed by atoms with Crippen molar-refractivity contribution in [1.82, 2.24) is 0 Å². The van der Waals surface area contributed by atoms with Crippen molar-refractivity contribution in [3.63, 3.8) is 0 Å². The highest BCUT2D eigenvalue weighted by Gasteiger charge is 2.16. The Morgan fingerprint density at radius 2 is 2.07 bits per heavy atom. The summed E-state index contributed by atoms with van der Waals surface area (Å²) in [5.74, 6) is -1.30. The molecule has 2 N–H and O–H groups in total. The van der Waals surface area contributed by atoms with Crippen LogP contribution in [0.15, 0.2) is 23.1 Å². The molecule has 0 heterocycles. The number of hydrogen-bond acceptors (Lipinski definition) is 4. The minimum absolute atomic E-state index is 0.0966. The summed E-state index contributed by atoms with van der Waals surface area (Å²) < 4.78 is 35.4. The van der Waals surface area contributed by atoms with E-state index in [9.17, 15) is 17.6 Å². The van der Waals surface area contributed by atoms with Gasteiger partial charge in [-0.1, -0.05) is 0 Å². The van der Waals surface area contributed by atoms with Crippen LogP contribution in [0.2, 0.25) is 0 Å². The van der Waals surface area contributed by atoms with Gasteiger partial charge in [0, 0.05) is 11.8 Å². The van der Waals surface area contributed by atoms with Crippen LogP contribution in [0, 0.1) is 5.82 Å². The lowest BCUT2D eigenvalue weighted by Crippen LogP contribution is -2.14. The molecule has 1 aromatic carbocycles. The fourth-order valence-electron chi connectivity index (χ4n) is 1.08. The summed E-state index contributed by atoms with van der Waals surface area (Å²) in [5, 5.41) is 0. The van der Waals surface area contributed by atoms with E-state index in [4.69, 9.17) is 5.73 Å². The van der Waals surface area contributed by atoms with Gasteiger partial charge in [-0.15, -0.1) is 0 Å². The first-order valence-corrected chi connectivity index (χ1v) is 5.98. The SMILES string of the molecule is CS(=O)(=O)c1cc(C(=O)CN)ccc1F. The number of carbonyl (C=O) groups is 1. The van der Waals surface area contributed by atoms with E-state index in [1.165, 1.54) is 6.07 Å². The molecule has 0 unspecified atom stereocenters. The highest BCUT2D eigenvalue weighted by atomic mass is 32.2. The molecule has 0 aliphatic rings. The van der Waals surface area contributed by atoms with Gasteiger partial charge in [0.2, 0.25) is 0 Å². The quantitative estimate of drug-likeness (QED) is 0.762. The molecule has 0 aliphatic heterocycles. The number of carbonyl (C=O) groups excluding carboxylic acids is 1. The van der Waals surface area contributed by atoms with Gasteiger partial charge in [-0.2, -0.15) is 0 Å². The maximum atomic E-state index is 13.1. The second-order valence-electron chi connectivity index (χ2n) is 3.04. The number of benzene rings is 1. The van der Waals surface area contributed by atoms with Gasteiger partial charge in [0.05, 0.1) is 6.54 Å². The lowest BCUT2D eigenvalue weighted by molar-refractivity contribution is 0.100. The lowest BCUT2D eigenvalue weighted by atomic mass is 10.1. The number of nitrogens with two attached hydrogens (primary N) is 1. The van der Waals surface area contributed by atoms with E-state index in [0.717, 1.165) is 18.4 Å². The predicted octanol–water partition coefficient (Wildman–Crippen LogP) is 0.371. The number of sulfone groups is 1. The van der Waals surface area contributed by atoms with Crippen LogP contribution in [0.5, 0.6) is 0 Å². The monoisotopic (exact) mass is 231 g/mol. The van der Waals surface area contributed by atoms with Gasteiger partial charge in [-0.05, 0) is 18.2 Å². The smallest absolute Gasteiger partial charge is 0.178 e. The predicted molar refractivity (Wildman–Crippen MR) is 52.9 cm³/mol. The van der Waals surface area contributed by atoms with Crippen LogP contribution >= 0.6 is 0 Å². The molecule has 0 radical (unpaired) electrons. The van der Waals surface area contributed by atoms with Crippen molar-refractivity contribution in [1.29, 1.82) is 0 Å². The van der Waals surface area contributed by atoms with Crippen LogP contribution in [-0.2, 0) is 9.84 Å². The maximum absolute atomic E-state index is 13.1. The topological polar surface area (TPSA) is 77.2 Å². The molecule has 1 rings (SSSR count). The van der Waals surface area contributed by atoms with E-state index in [-0.39, 0.29) is 12.1 Å². The summed E-state index contributed by atoms with van der Waals surface area (Å²) >= 11 is 0. The summed E-state index contributed by atoms with van der Waals surface area (Å²) in [6.07, 6.45) is 0.877. The van der Waals surface area contributed by atoms with Crippen molar-refractivity contribution >= 4 is 15.6 Å². The molecule has 0 fully saturated rings. The van der Waals surface area contributed by atoms with Gasteiger partial charge in [0.1, 0.15) is 10.7 Å². The Labute approximate surface area is 86.8 Å². The van der Waals surface area contributed by atoms with Gasteiger partial charge in [0.15, 0.2) is 15.6 Å². The molecule has 0 aromatic heterocycles. The molecule has 15 heavy (non-hydrogen) atoms. The van der Waals surface area contributed by atoms with E-state index in [1.807, 2.05) is 0 Å². The number of Topliss-reactive ketones (excluding diaryl/α,β-unsaturated/α-hetero) is 1. The molecule has 0 amide bonds. The molecule has 82 valence electrons. The molecule has 4 nitrogen and oxygen atoms in total. The third kappa shape index (κ3) is 2.60. The van der Waals surface area contributed by atoms with E-state index in [2.05, 4.69) is 0 Å². The average molecular weight is 231 g/mol. The maximum Gasteiger partial charge on any atom is 0.178 e. The standard InChI is InChI=1S/C9H10FNO3S/c1-15(13,14)9-4-6(8(12)5-11)2-3-7(9)10/h2-4H,5,11H2,1H3. The Hall–Kier alpha value is -1.27. The molecule has 1 aromatic rings. The van der Waals surface area contributed by atoms with Gasteiger partial charge in [-0.3, -0.25) is 4.79 Å². The van der Waals surface area contributed by atoms with Crippen molar-refractivity contribution in [2.24, 2.45) is 5.73 Å². The zero-order valence-corrected chi connectivity index (χ0v) is 8.84. The summed E-state index contributed by atoms with van der Waals surface area (Å²) in [6.45, 7) is -0.241. The number of ketones is 1. The molecular weight excluding hydrogens is 221 g/mol. The highest BCUT2D eigenvalue weighted by molar-refractivity contribution is 7.90. The van der Waals surface area contributed by atoms with Gasteiger partial charge in [0.25, 0.3) is 0 Å². The second kappa shape index (κ2) is 4.08. The molecule has 0 saturated carbocycles. The lowest BCUT2D eigenvalue weighted by Gasteiger charge is -2.03.